The fraction of sp³-hybridized carbons (Fsp3) is 0.300. The van der Waals surface area contributed by atoms with Crippen molar-refractivity contribution >= 4 is 28.5 Å². The van der Waals surface area contributed by atoms with Gasteiger partial charge >= 0.3 is 0 Å². The van der Waals surface area contributed by atoms with Gasteiger partial charge in [0, 0.05) is 31.2 Å². The second-order valence-corrected chi connectivity index (χ2v) is 7.03. The third-order valence-corrected chi connectivity index (χ3v) is 5.21. The molecule has 0 spiro atoms. The molecule has 1 saturated heterocycles. The van der Waals surface area contributed by atoms with Gasteiger partial charge in [0.2, 0.25) is 5.91 Å². The minimum Gasteiger partial charge on any atom is -0.341 e. The van der Waals surface area contributed by atoms with E-state index in [-0.39, 0.29) is 5.91 Å². The molecule has 0 unspecified atom stereocenters. The van der Waals surface area contributed by atoms with Gasteiger partial charge in [0.15, 0.2) is 0 Å². The molecule has 4 rings (SSSR count). The zero-order valence-corrected chi connectivity index (χ0v) is 15.2. The average Bonchev–Trinajstić information content (AvgIpc) is 3.06. The van der Waals surface area contributed by atoms with Crippen molar-refractivity contribution in [2.45, 2.75) is 13.0 Å². The topological polar surface area (TPSA) is 52.2 Å². The van der Waals surface area contributed by atoms with Crippen LogP contribution in [-0.4, -0.2) is 51.9 Å². The molecule has 0 radical (unpaired) electrons. The first-order valence-electron chi connectivity index (χ1n) is 8.86. The van der Waals surface area contributed by atoms with Crippen molar-refractivity contribution in [2.75, 3.05) is 26.2 Å². The fourth-order valence-electron chi connectivity index (χ4n) is 3.36. The Bertz CT molecular complexity index is 882. The maximum atomic E-state index is 12.5. The maximum absolute atomic E-state index is 12.5. The minimum absolute atomic E-state index is 0.140. The van der Waals surface area contributed by atoms with Gasteiger partial charge in [-0.05, 0) is 23.8 Å². The lowest BCUT2D eigenvalue weighted by atomic mass is 10.1. The van der Waals surface area contributed by atoms with Gasteiger partial charge < -0.3 is 9.88 Å². The van der Waals surface area contributed by atoms with Crippen molar-refractivity contribution in [3.8, 4) is 0 Å². The molecule has 1 aromatic heterocycles. The second-order valence-electron chi connectivity index (χ2n) is 6.63. The number of carbonyl (C=O) groups excluding carboxylic acids is 1. The van der Waals surface area contributed by atoms with Crippen LogP contribution in [0, 0.1) is 0 Å². The Hall–Kier alpha value is -2.37. The Morgan fingerprint density at radius 1 is 1.04 bits per heavy atom. The molecular formula is C20H21ClN4O. The molecule has 2 aromatic carbocycles. The van der Waals surface area contributed by atoms with Crippen molar-refractivity contribution < 1.29 is 4.79 Å². The van der Waals surface area contributed by atoms with Crippen LogP contribution in [0.15, 0.2) is 48.5 Å². The van der Waals surface area contributed by atoms with Crippen LogP contribution in [0.3, 0.4) is 0 Å². The number of aromatic nitrogens is 2. The SMILES string of the molecule is O=C(Cc1ccccc1Cl)N1CCN(Cc2nc3ccccc3[nH]2)CC1. The summed E-state index contributed by atoms with van der Waals surface area (Å²) >= 11 is 6.16. The number of rotatable bonds is 4. The lowest BCUT2D eigenvalue weighted by Crippen LogP contribution is -2.48. The monoisotopic (exact) mass is 368 g/mol. The van der Waals surface area contributed by atoms with Crippen LogP contribution in [0.25, 0.3) is 11.0 Å². The number of carbonyl (C=O) groups is 1. The number of aromatic amines is 1. The highest BCUT2D eigenvalue weighted by Crippen LogP contribution is 2.17. The molecule has 26 heavy (non-hydrogen) atoms. The van der Waals surface area contributed by atoms with Crippen molar-refractivity contribution in [2.24, 2.45) is 0 Å². The van der Waals surface area contributed by atoms with E-state index in [0.717, 1.165) is 55.1 Å². The Labute approximate surface area is 157 Å². The van der Waals surface area contributed by atoms with E-state index in [1.54, 1.807) is 0 Å². The highest BCUT2D eigenvalue weighted by Gasteiger charge is 2.22. The molecule has 0 saturated carbocycles. The molecular weight excluding hydrogens is 348 g/mol. The highest BCUT2D eigenvalue weighted by molar-refractivity contribution is 6.31. The van der Waals surface area contributed by atoms with Crippen LogP contribution in [0.2, 0.25) is 5.02 Å². The van der Waals surface area contributed by atoms with Crippen LogP contribution >= 0.6 is 11.6 Å². The summed E-state index contributed by atoms with van der Waals surface area (Å²) < 4.78 is 0. The summed E-state index contributed by atoms with van der Waals surface area (Å²) in [7, 11) is 0. The molecule has 134 valence electrons. The van der Waals surface area contributed by atoms with E-state index in [4.69, 9.17) is 11.6 Å². The number of hydrogen-bond donors (Lipinski definition) is 1. The Morgan fingerprint density at radius 3 is 2.54 bits per heavy atom. The molecule has 1 N–H and O–H groups in total. The predicted molar refractivity (Wildman–Crippen MR) is 103 cm³/mol. The number of amides is 1. The number of fused-ring (bicyclic) bond motifs is 1. The van der Waals surface area contributed by atoms with Gasteiger partial charge in [-0.3, -0.25) is 9.69 Å². The van der Waals surface area contributed by atoms with Crippen molar-refractivity contribution in [3.63, 3.8) is 0 Å². The van der Waals surface area contributed by atoms with E-state index in [2.05, 4.69) is 14.9 Å². The zero-order valence-electron chi connectivity index (χ0n) is 14.5. The van der Waals surface area contributed by atoms with Gasteiger partial charge in [-0.1, -0.05) is 41.9 Å². The number of hydrogen-bond acceptors (Lipinski definition) is 3. The minimum atomic E-state index is 0.140. The van der Waals surface area contributed by atoms with Gasteiger partial charge in [-0.15, -0.1) is 0 Å². The van der Waals surface area contributed by atoms with Crippen LogP contribution in [0.1, 0.15) is 11.4 Å². The van der Waals surface area contributed by atoms with Crippen LogP contribution in [-0.2, 0) is 17.8 Å². The molecule has 6 heteroatoms. The average molecular weight is 369 g/mol. The molecule has 1 aliphatic rings. The smallest absolute Gasteiger partial charge is 0.227 e. The summed E-state index contributed by atoms with van der Waals surface area (Å²) in [5.41, 5.74) is 2.95. The molecule has 3 aromatic rings. The number of nitrogens with zero attached hydrogens (tertiary/aromatic N) is 3. The number of para-hydroxylation sites is 2. The lowest BCUT2D eigenvalue weighted by Gasteiger charge is -2.34. The highest BCUT2D eigenvalue weighted by atomic mass is 35.5. The fourth-order valence-corrected chi connectivity index (χ4v) is 3.57. The predicted octanol–water partition coefficient (Wildman–Crippen LogP) is 3.10. The summed E-state index contributed by atoms with van der Waals surface area (Å²) in [5, 5.41) is 0.657. The largest absolute Gasteiger partial charge is 0.341 e. The third-order valence-electron chi connectivity index (χ3n) is 4.84. The number of nitrogens with one attached hydrogen (secondary N) is 1. The second kappa shape index (κ2) is 7.48. The van der Waals surface area contributed by atoms with E-state index in [1.165, 1.54) is 0 Å². The van der Waals surface area contributed by atoms with E-state index in [1.807, 2.05) is 53.4 Å². The van der Waals surface area contributed by atoms with Crippen molar-refractivity contribution in [1.82, 2.24) is 19.8 Å². The van der Waals surface area contributed by atoms with Gasteiger partial charge in [0.25, 0.3) is 0 Å². The van der Waals surface area contributed by atoms with Crippen molar-refractivity contribution in [1.29, 1.82) is 0 Å². The number of piperazine rings is 1. The summed E-state index contributed by atoms with van der Waals surface area (Å²) in [4.78, 5) is 24.8. The Balaban J connectivity index is 1.32. The summed E-state index contributed by atoms with van der Waals surface area (Å²) in [6.45, 7) is 3.96. The maximum Gasteiger partial charge on any atom is 0.227 e. The number of halogens is 1. The first kappa shape index (κ1) is 17.1. The normalized spacial score (nSPS) is 15.5. The first-order valence-corrected chi connectivity index (χ1v) is 9.24. The summed E-state index contributed by atoms with van der Waals surface area (Å²) in [5.74, 6) is 1.11. The molecule has 0 bridgehead atoms. The van der Waals surface area contributed by atoms with Crippen molar-refractivity contribution in [3.05, 3.63) is 64.9 Å². The molecule has 1 aliphatic heterocycles. The number of imidazole rings is 1. The quantitative estimate of drug-likeness (QED) is 0.769. The van der Waals surface area contributed by atoms with E-state index in [0.29, 0.717) is 11.4 Å². The number of benzene rings is 2. The Morgan fingerprint density at radius 2 is 1.77 bits per heavy atom. The van der Waals surface area contributed by atoms with Crippen LogP contribution in [0.4, 0.5) is 0 Å². The molecule has 0 aliphatic carbocycles. The van der Waals surface area contributed by atoms with Gasteiger partial charge in [-0.25, -0.2) is 4.98 Å². The first-order chi connectivity index (χ1) is 12.7. The zero-order chi connectivity index (χ0) is 17.9. The molecule has 1 fully saturated rings. The third kappa shape index (κ3) is 3.74. The summed E-state index contributed by atoms with van der Waals surface area (Å²) in [6, 6.07) is 15.6. The summed E-state index contributed by atoms with van der Waals surface area (Å²) in [6.07, 6.45) is 0.364. The Kier molecular flexibility index (Phi) is 4.91. The van der Waals surface area contributed by atoms with E-state index >= 15 is 0 Å². The molecule has 0 atom stereocenters. The van der Waals surface area contributed by atoms with E-state index in [9.17, 15) is 4.79 Å². The van der Waals surface area contributed by atoms with E-state index < -0.39 is 0 Å². The van der Waals surface area contributed by atoms with Crippen LogP contribution < -0.4 is 0 Å². The van der Waals surface area contributed by atoms with Gasteiger partial charge in [0.05, 0.1) is 24.0 Å². The van der Waals surface area contributed by atoms with Crippen LogP contribution in [0.5, 0.6) is 0 Å². The van der Waals surface area contributed by atoms with Gasteiger partial charge in [-0.2, -0.15) is 0 Å². The van der Waals surface area contributed by atoms with Gasteiger partial charge in [0.1, 0.15) is 5.82 Å². The lowest BCUT2D eigenvalue weighted by molar-refractivity contribution is -0.132. The molecule has 1 amide bonds. The standard InChI is InChI=1S/C20H21ClN4O/c21-16-6-2-1-5-15(16)13-20(26)25-11-9-24(10-12-25)14-19-22-17-7-3-4-8-18(17)23-19/h1-8H,9-14H2,(H,22,23). The molecule has 5 nitrogen and oxygen atoms in total. The number of H-pyrrole nitrogens is 1. The molecule has 2 heterocycles.